The van der Waals surface area contributed by atoms with Gasteiger partial charge in [-0.05, 0) is 48.0 Å². The number of nitrogens with zero attached hydrogens (tertiary/aromatic N) is 4. The molecule has 36 heavy (non-hydrogen) atoms. The molecular weight excluding hydrogens is 496 g/mol. The van der Waals surface area contributed by atoms with Gasteiger partial charge in [-0.15, -0.1) is 16.8 Å². The largest absolute Gasteiger partial charge is 0.507 e. The van der Waals surface area contributed by atoms with Crippen molar-refractivity contribution in [1.29, 1.82) is 0 Å². The van der Waals surface area contributed by atoms with Gasteiger partial charge in [0.1, 0.15) is 5.75 Å². The smallest absolute Gasteiger partial charge is 0.253 e. The van der Waals surface area contributed by atoms with Gasteiger partial charge in [-0.1, -0.05) is 59.8 Å². The van der Waals surface area contributed by atoms with E-state index in [1.165, 1.54) is 18.0 Å². The number of allylic oxidation sites excluding steroid dienone is 1. The number of rotatable bonds is 10. The monoisotopic (exact) mass is 520 g/mol. The highest BCUT2D eigenvalue weighted by Crippen LogP contribution is 2.26. The number of nitrogens with one attached hydrogen (secondary N) is 2. The lowest BCUT2D eigenvalue weighted by atomic mass is 10.0. The van der Waals surface area contributed by atoms with E-state index in [-0.39, 0.29) is 11.7 Å². The van der Waals surface area contributed by atoms with E-state index in [4.69, 9.17) is 11.6 Å². The molecule has 1 aromatic heterocycles. The molecule has 0 saturated carbocycles. The molecule has 184 valence electrons. The number of benzene rings is 3. The number of aromatic hydroxyl groups is 1. The Morgan fingerprint density at radius 3 is 2.75 bits per heavy atom. The van der Waals surface area contributed by atoms with Gasteiger partial charge in [0.25, 0.3) is 5.91 Å². The topological polar surface area (TPSA) is 104 Å². The van der Waals surface area contributed by atoms with E-state index in [0.29, 0.717) is 34.7 Å². The van der Waals surface area contributed by atoms with Crippen molar-refractivity contribution in [2.75, 3.05) is 5.32 Å². The van der Waals surface area contributed by atoms with Crippen LogP contribution in [0.25, 0.3) is 10.8 Å². The summed E-state index contributed by atoms with van der Waals surface area (Å²) in [6.45, 7) is 6.53. The van der Waals surface area contributed by atoms with Crippen LogP contribution < -0.4 is 10.7 Å². The maximum absolute atomic E-state index is 12.7. The van der Waals surface area contributed by atoms with E-state index in [1.807, 2.05) is 59.2 Å². The Hall–Kier alpha value is -3.82. The number of aromatic nitrogens is 3. The number of phenols is 1. The summed E-state index contributed by atoms with van der Waals surface area (Å²) >= 11 is 7.22. The Balaban J connectivity index is 1.40. The van der Waals surface area contributed by atoms with Crippen molar-refractivity contribution >= 4 is 51.9 Å². The molecule has 0 unspecified atom stereocenters. The molecule has 1 heterocycles. The molecule has 0 aliphatic heterocycles. The summed E-state index contributed by atoms with van der Waals surface area (Å²) in [6, 6.07) is 18.5. The summed E-state index contributed by atoms with van der Waals surface area (Å²) < 4.78 is 1.90. The number of fused-ring (bicyclic) bond motifs is 1. The number of hydrazone groups is 1. The Morgan fingerprint density at radius 1 is 1.19 bits per heavy atom. The lowest BCUT2D eigenvalue weighted by Crippen LogP contribution is -2.27. The Morgan fingerprint density at radius 2 is 1.97 bits per heavy atom. The molecule has 4 rings (SSSR count). The summed E-state index contributed by atoms with van der Waals surface area (Å²) in [5.74, 6) is 0.501. The van der Waals surface area contributed by atoms with Gasteiger partial charge in [0.15, 0.2) is 11.0 Å². The van der Waals surface area contributed by atoms with Crippen molar-refractivity contribution in [2.45, 2.75) is 30.4 Å². The second-order valence-corrected chi connectivity index (χ2v) is 9.62. The fraction of sp³-hybridized carbons (Fsp3) is 0.154. The first-order valence-electron chi connectivity index (χ1n) is 11.2. The van der Waals surface area contributed by atoms with Gasteiger partial charge in [-0.2, -0.15) is 5.10 Å². The number of anilines is 1. The standard InChI is InChI=1S/C26H25ClN6O2S/c1-3-14-33-24(16-28-20-11-9-19(27)10-12-20)30-32-26(33)36-17(2)25(35)31-29-15-22-21-7-5-4-6-18(21)8-13-23(22)34/h3-13,15,17,28,34H,1,14,16H2,2H3,(H,31,35)/b29-15+/t17-/m0/s1. The van der Waals surface area contributed by atoms with Crippen molar-refractivity contribution in [3.63, 3.8) is 0 Å². The highest BCUT2D eigenvalue weighted by Gasteiger charge is 2.19. The van der Waals surface area contributed by atoms with Crippen LogP contribution in [0.4, 0.5) is 5.69 Å². The molecule has 4 aromatic rings. The van der Waals surface area contributed by atoms with Gasteiger partial charge in [-0.25, -0.2) is 5.43 Å². The molecule has 0 bridgehead atoms. The Bertz CT molecular complexity index is 1400. The van der Waals surface area contributed by atoms with Gasteiger partial charge < -0.3 is 15.0 Å². The third-order valence-electron chi connectivity index (χ3n) is 5.37. The van der Waals surface area contributed by atoms with Crippen molar-refractivity contribution in [3.8, 4) is 5.75 Å². The number of hydrogen-bond donors (Lipinski definition) is 3. The van der Waals surface area contributed by atoms with Gasteiger partial charge in [0.2, 0.25) is 0 Å². The van der Waals surface area contributed by atoms with E-state index in [0.717, 1.165) is 16.5 Å². The molecule has 3 N–H and O–H groups in total. The van der Waals surface area contributed by atoms with Gasteiger partial charge in [0.05, 0.1) is 18.0 Å². The minimum absolute atomic E-state index is 0.0892. The van der Waals surface area contributed by atoms with Crippen LogP contribution in [0.1, 0.15) is 18.3 Å². The highest BCUT2D eigenvalue weighted by molar-refractivity contribution is 8.00. The molecule has 1 atom stereocenters. The first-order chi connectivity index (χ1) is 17.5. The SMILES string of the molecule is C=CCn1c(CNc2ccc(Cl)cc2)nnc1S[C@@H](C)C(=O)N/N=C/c1c(O)ccc2ccccc12. The molecule has 0 radical (unpaired) electrons. The predicted octanol–water partition coefficient (Wildman–Crippen LogP) is 5.22. The highest BCUT2D eigenvalue weighted by atomic mass is 35.5. The van der Waals surface area contributed by atoms with Crippen LogP contribution >= 0.6 is 23.4 Å². The zero-order chi connectivity index (χ0) is 25.5. The maximum Gasteiger partial charge on any atom is 0.253 e. The third-order valence-corrected chi connectivity index (χ3v) is 6.70. The van der Waals surface area contributed by atoms with Crippen molar-refractivity contribution in [2.24, 2.45) is 5.10 Å². The fourth-order valence-electron chi connectivity index (χ4n) is 3.48. The number of halogens is 1. The molecule has 0 aliphatic carbocycles. The lowest BCUT2D eigenvalue weighted by Gasteiger charge is -2.12. The van der Waals surface area contributed by atoms with Gasteiger partial charge in [-0.3, -0.25) is 4.79 Å². The minimum Gasteiger partial charge on any atom is -0.507 e. The number of amides is 1. The van der Waals surface area contributed by atoms with Crippen molar-refractivity contribution < 1.29 is 9.90 Å². The molecule has 1 amide bonds. The predicted molar refractivity (Wildman–Crippen MR) is 146 cm³/mol. The van der Waals surface area contributed by atoms with Crippen LogP contribution in [0.15, 0.2) is 83.6 Å². The lowest BCUT2D eigenvalue weighted by molar-refractivity contribution is -0.120. The minimum atomic E-state index is -0.492. The third kappa shape index (κ3) is 6.05. The average molecular weight is 521 g/mol. The molecule has 8 nitrogen and oxygen atoms in total. The van der Waals surface area contributed by atoms with Crippen LogP contribution in [0.5, 0.6) is 5.75 Å². The average Bonchev–Trinajstić information content (AvgIpc) is 3.26. The van der Waals surface area contributed by atoms with E-state index in [9.17, 15) is 9.90 Å². The van der Waals surface area contributed by atoms with Gasteiger partial charge >= 0.3 is 0 Å². The molecule has 10 heteroatoms. The zero-order valence-electron chi connectivity index (χ0n) is 19.6. The Labute approximate surface area is 218 Å². The molecule has 0 saturated heterocycles. The molecule has 0 fully saturated rings. The quantitative estimate of drug-likeness (QED) is 0.115. The van der Waals surface area contributed by atoms with E-state index in [2.05, 4.69) is 32.6 Å². The van der Waals surface area contributed by atoms with Crippen LogP contribution in [0.3, 0.4) is 0 Å². The first kappa shape index (κ1) is 25.3. The zero-order valence-corrected chi connectivity index (χ0v) is 21.1. The molecular formula is C26H25ClN6O2S. The number of thioether (sulfide) groups is 1. The fourth-order valence-corrected chi connectivity index (χ4v) is 4.48. The van der Waals surface area contributed by atoms with Gasteiger partial charge in [0, 0.05) is 22.8 Å². The van der Waals surface area contributed by atoms with Crippen molar-refractivity contribution in [1.82, 2.24) is 20.2 Å². The summed E-state index contributed by atoms with van der Waals surface area (Å²) in [7, 11) is 0. The summed E-state index contributed by atoms with van der Waals surface area (Å²) in [6.07, 6.45) is 3.21. The number of hydrogen-bond acceptors (Lipinski definition) is 7. The van der Waals surface area contributed by atoms with Crippen LogP contribution in [-0.2, 0) is 17.9 Å². The number of carbonyl (C=O) groups excluding carboxylic acids is 1. The molecule has 3 aromatic carbocycles. The van der Waals surface area contributed by atoms with E-state index < -0.39 is 5.25 Å². The van der Waals surface area contributed by atoms with Crippen LogP contribution in [0.2, 0.25) is 5.02 Å². The number of carbonyl (C=O) groups is 1. The second-order valence-electron chi connectivity index (χ2n) is 7.87. The second kappa shape index (κ2) is 11.7. The maximum atomic E-state index is 12.7. The normalized spacial score (nSPS) is 12.1. The summed E-state index contributed by atoms with van der Waals surface area (Å²) in [5, 5.41) is 28.8. The van der Waals surface area contributed by atoms with Crippen LogP contribution in [-0.4, -0.2) is 37.2 Å². The van der Waals surface area contributed by atoms with E-state index in [1.54, 1.807) is 19.1 Å². The molecule has 0 spiro atoms. The molecule has 0 aliphatic rings. The Kier molecular flexibility index (Phi) is 8.24. The number of phenolic OH excluding ortho intramolecular Hbond substituents is 1. The summed E-state index contributed by atoms with van der Waals surface area (Å²) in [5.41, 5.74) is 4.00. The first-order valence-corrected chi connectivity index (χ1v) is 12.4. The van der Waals surface area contributed by atoms with E-state index >= 15 is 0 Å². The van der Waals surface area contributed by atoms with Crippen molar-refractivity contribution in [3.05, 3.63) is 89.7 Å². The summed E-state index contributed by atoms with van der Waals surface area (Å²) in [4.78, 5) is 12.7. The van der Waals surface area contributed by atoms with Crippen LogP contribution in [0, 0.1) is 0 Å².